The normalized spacial score (nSPS) is 12.2. The highest BCUT2D eigenvalue weighted by Crippen LogP contribution is 2.44. The van der Waals surface area contributed by atoms with E-state index in [1.165, 1.54) is 42.4 Å². The second-order valence-corrected chi connectivity index (χ2v) is 8.63. The van der Waals surface area contributed by atoms with Gasteiger partial charge in [0.2, 0.25) is 0 Å². The maximum Gasteiger partial charge on any atom is 0.0398 e. The second kappa shape index (κ2) is 5.46. The number of thiophene rings is 1. The van der Waals surface area contributed by atoms with E-state index in [0.29, 0.717) is 0 Å². The molecule has 0 bridgehead atoms. The Morgan fingerprint density at radius 2 is 1.46 bits per heavy atom. The molecule has 0 radical (unpaired) electrons. The number of benzene rings is 3. The van der Waals surface area contributed by atoms with Gasteiger partial charge in [-0.2, -0.15) is 0 Å². The van der Waals surface area contributed by atoms with Gasteiger partial charge in [-0.05, 0) is 35.1 Å². The minimum atomic E-state index is 0.0978. The van der Waals surface area contributed by atoms with Gasteiger partial charge in [0.25, 0.3) is 0 Å². The number of hydrogen-bond donors (Lipinski definition) is 0. The first-order chi connectivity index (χ1) is 11.4. The number of hydrogen-bond acceptors (Lipinski definition) is 1. The summed E-state index contributed by atoms with van der Waals surface area (Å²) in [6, 6.07) is 22.3. The molecule has 0 spiro atoms. The Hall–Kier alpha value is -2.12. The molecule has 1 aromatic heterocycles. The molecule has 0 saturated heterocycles. The van der Waals surface area contributed by atoms with Gasteiger partial charge < -0.3 is 0 Å². The van der Waals surface area contributed by atoms with Crippen molar-refractivity contribution in [3.63, 3.8) is 0 Å². The van der Waals surface area contributed by atoms with Crippen molar-refractivity contribution in [1.82, 2.24) is 0 Å². The van der Waals surface area contributed by atoms with E-state index in [1.54, 1.807) is 0 Å². The van der Waals surface area contributed by atoms with Crippen molar-refractivity contribution < 1.29 is 0 Å². The largest absolute Gasteiger partial charge is 0.135 e. The van der Waals surface area contributed by atoms with Crippen molar-refractivity contribution in [2.75, 3.05) is 0 Å². The zero-order chi connectivity index (χ0) is 16.9. The van der Waals surface area contributed by atoms with Crippen LogP contribution in [-0.4, -0.2) is 0 Å². The first kappa shape index (κ1) is 15.4. The van der Waals surface area contributed by atoms with Crippen LogP contribution < -0.4 is 0 Å². The van der Waals surface area contributed by atoms with Gasteiger partial charge in [0, 0.05) is 20.2 Å². The van der Waals surface area contributed by atoms with Crippen LogP contribution in [0, 0.1) is 6.92 Å². The summed E-state index contributed by atoms with van der Waals surface area (Å²) in [5, 5.41) is 2.76. The molecule has 1 heterocycles. The zero-order valence-corrected chi connectivity index (χ0v) is 15.5. The van der Waals surface area contributed by atoms with Crippen molar-refractivity contribution in [3.05, 3.63) is 71.8 Å². The first-order valence-corrected chi connectivity index (χ1v) is 9.28. The van der Waals surface area contributed by atoms with Crippen LogP contribution in [0.4, 0.5) is 0 Å². The van der Waals surface area contributed by atoms with E-state index >= 15 is 0 Å². The highest BCUT2D eigenvalue weighted by atomic mass is 32.1. The lowest BCUT2D eigenvalue weighted by molar-refractivity contribution is 0.598. The Morgan fingerprint density at radius 1 is 0.750 bits per heavy atom. The van der Waals surface area contributed by atoms with Crippen molar-refractivity contribution in [3.8, 4) is 11.1 Å². The molecule has 4 aromatic rings. The van der Waals surface area contributed by atoms with E-state index < -0.39 is 0 Å². The summed E-state index contributed by atoms with van der Waals surface area (Å²) in [4.78, 5) is 0. The molecule has 120 valence electrons. The van der Waals surface area contributed by atoms with Crippen molar-refractivity contribution in [1.29, 1.82) is 0 Å². The van der Waals surface area contributed by atoms with E-state index in [9.17, 15) is 0 Å². The van der Waals surface area contributed by atoms with Gasteiger partial charge in [0.15, 0.2) is 0 Å². The predicted octanol–water partition coefficient (Wildman–Crippen LogP) is 7.33. The molecule has 0 unspecified atom stereocenters. The quantitative estimate of drug-likeness (QED) is 0.343. The molecular weight excluding hydrogens is 308 g/mol. The second-order valence-electron chi connectivity index (χ2n) is 7.58. The minimum absolute atomic E-state index is 0.0978. The molecule has 0 amide bonds. The molecule has 3 aromatic carbocycles. The van der Waals surface area contributed by atoms with Gasteiger partial charge in [-0.15, -0.1) is 11.3 Å². The highest BCUT2D eigenvalue weighted by molar-refractivity contribution is 7.26. The molecule has 0 aliphatic heterocycles. The predicted molar refractivity (Wildman–Crippen MR) is 108 cm³/mol. The van der Waals surface area contributed by atoms with E-state index in [4.69, 9.17) is 0 Å². The van der Waals surface area contributed by atoms with Crippen molar-refractivity contribution in [2.24, 2.45) is 0 Å². The van der Waals surface area contributed by atoms with Gasteiger partial charge in [0.1, 0.15) is 0 Å². The maximum atomic E-state index is 2.32. The fourth-order valence-corrected chi connectivity index (χ4v) is 4.97. The van der Waals surface area contributed by atoms with Crippen LogP contribution in [0.5, 0.6) is 0 Å². The Morgan fingerprint density at radius 3 is 2.17 bits per heavy atom. The summed E-state index contributed by atoms with van der Waals surface area (Å²) >= 11 is 1.93. The third kappa shape index (κ3) is 2.44. The fraction of sp³-hybridized carbons (Fsp3) is 0.217. The lowest BCUT2D eigenvalue weighted by atomic mass is 9.81. The summed E-state index contributed by atoms with van der Waals surface area (Å²) in [6.45, 7) is 9.11. The summed E-state index contributed by atoms with van der Waals surface area (Å²) in [6.07, 6.45) is 0. The van der Waals surface area contributed by atoms with Crippen LogP contribution in [0.25, 0.3) is 31.3 Å². The molecule has 0 aliphatic rings. The van der Waals surface area contributed by atoms with E-state index in [0.717, 1.165) is 0 Å². The molecule has 4 rings (SSSR count). The monoisotopic (exact) mass is 330 g/mol. The van der Waals surface area contributed by atoms with E-state index in [-0.39, 0.29) is 5.41 Å². The molecule has 0 atom stereocenters. The lowest BCUT2D eigenvalue weighted by Crippen LogP contribution is -2.13. The van der Waals surface area contributed by atoms with Gasteiger partial charge in [-0.3, -0.25) is 0 Å². The highest BCUT2D eigenvalue weighted by Gasteiger charge is 2.23. The molecule has 0 nitrogen and oxygen atoms in total. The van der Waals surface area contributed by atoms with Gasteiger partial charge in [-0.25, -0.2) is 0 Å². The van der Waals surface area contributed by atoms with Crippen LogP contribution in [0.1, 0.15) is 31.9 Å². The number of rotatable bonds is 1. The van der Waals surface area contributed by atoms with Crippen LogP contribution >= 0.6 is 11.3 Å². The average molecular weight is 330 g/mol. The maximum absolute atomic E-state index is 2.32. The molecule has 0 N–H and O–H groups in total. The lowest BCUT2D eigenvalue weighted by Gasteiger charge is -2.24. The SMILES string of the molecule is Cc1ccc(-c2ccc3c(sc4ccccc43)c2C(C)(C)C)cc1. The molecule has 0 fully saturated rings. The average Bonchev–Trinajstić information content (AvgIpc) is 2.92. The standard InChI is InChI=1S/C23H22S/c1-15-9-11-16(12-10-15)17-13-14-19-18-7-5-6-8-20(18)24-22(19)21(17)23(2,3)4/h5-14H,1-4H3. The third-order valence-corrected chi connectivity index (χ3v) is 5.86. The summed E-state index contributed by atoms with van der Waals surface area (Å²) < 4.78 is 2.81. The van der Waals surface area contributed by atoms with Crippen molar-refractivity contribution >= 4 is 31.5 Å². The Bertz CT molecular complexity index is 1030. The molecule has 1 heteroatoms. The third-order valence-electron chi connectivity index (χ3n) is 4.66. The first-order valence-electron chi connectivity index (χ1n) is 8.47. The molecular formula is C23H22S. The smallest absolute Gasteiger partial charge is 0.0398 e. The zero-order valence-electron chi connectivity index (χ0n) is 14.7. The minimum Gasteiger partial charge on any atom is -0.135 e. The van der Waals surface area contributed by atoms with Gasteiger partial charge in [0.05, 0.1) is 0 Å². The Kier molecular flexibility index (Phi) is 3.51. The van der Waals surface area contributed by atoms with Crippen LogP contribution in [0.2, 0.25) is 0 Å². The van der Waals surface area contributed by atoms with Gasteiger partial charge in [-0.1, -0.05) is 80.9 Å². The summed E-state index contributed by atoms with van der Waals surface area (Å²) in [5.41, 5.74) is 5.54. The van der Waals surface area contributed by atoms with Gasteiger partial charge >= 0.3 is 0 Å². The topological polar surface area (TPSA) is 0 Å². The molecule has 24 heavy (non-hydrogen) atoms. The fourth-order valence-electron chi connectivity index (χ4n) is 3.51. The van der Waals surface area contributed by atoms with Crippen molar-refractivity contribution in [2.45, 2.75) is 33.1 Å². The van der Waals surface area contributed by atoms with E-state index in [1.807, 2.05) is 11.3 Å². The molecule has 0 saturated carbocycles. The number of aryl methyl sites for hydroxylation is 1. The summed E-state index contributed by atoms with van der Waals surface area (Å²) in [5.74, 6) is 0. The van der Waals surface area contributed by atoms with Crippen LogP contribution in [0.15, 0.2) is 60.7 Å². The Labute approximate surface area is 147 Å². The van der Waals surface area contributed by atoms with Crippen LogP contribution in [-0.2, 0) is 5.41 Å². The Balaban J connectivity index is 2.11. The van der Waals surface area contributed by atoms with Crippen LogP contribution in [0.3, 0.4) is 0 Å². The number of fused-ring (bicyclic) bond motifs is 3. The molecule has 0 aliphatic carbocycles. The summed E-state index contributed by atoms with van der Waals surface area (Å²) in [7, 11) is 0. The van der Waals surface area contributed by atoms with E-state index in [2.05, 4.69) is 88.4 Å².